The minimum Gasteiger partial charge on any atom is -0.334 e. The Kier molecular flexibility index (Phi) is 4.65. The number of hydrogen-bond donors (Lipinski definition) is 0. The molecule has 3 nitrogen and oxygen atoms in total. The van der Waals surface area contributed by atoms with Gasteiger partial charge in [-0.1, -0.05) is 30.3 Å². The molecule has 1 saturated heterocycles. The van der Waals surface area contributed by atoms with Crippen LogP contribution in [-0.4, -0.2) is 28.4 Å². The van der Waals surface area contributed by atoms with Crippen molar-refractivity contribution in [3.05, 3.63) is 52.5 Å². The van der Waals surface area contributed by atoms with Crippen molar-refractivity contribution >= 4 is 17.2 Å². The molecule has 1 aliphatic heterocycles. The van der Waals surface area contributed by atoms with E-state index in [1.165, 1.54) is 23.3 Å². The largest absolute Gasteiger partial charge is 0.334 e. The molecule has 1 aromatic heterocycles. The highest BCUT2D eigenvalue weighted by Gasteiger charge is 2.27. The third-order valence-corrected chi connectivity index (χ3v) is 4.73. The van der Waals surface area contributed by atoms with Crippen LogP contribution in [-0.2, 0) is 6.42 Å². The minimum absolute atomic E-state index is 0.106. The molecule has 2 aromatic rings. The molecule has 1 aliphatic rings. The second-order valence-electron chi connectivity index (χ2n) is 5.55. The van der Waals surface area contributed by atoms with Crippen molar-refractivity contribution in [1.29, 1.82) is 0 Å². The Morgan fingerprint density at radius 1 is 1.29 bits per heavy atom. The summed E-state index contributed by atoms with van der Waals surface area (Å²) >= 11 is 1.48. The number of nitrogens with zero attached hydrogens (tertiary/aromatic N) is 2. The summed E-state index contributed by atoms with van der Waals surface area (Å²) in [6.45, 7) is 0.871. The Balaban J connectivity index is 1.65. The van der Waals surface area contributed by atoms with Gasteiger partial charge in [0.2, 0.25) is 0 Å². The van der Waals surface area contributed by atoms with Crippen molar-refractivity contribution in [3.8, 4) is 0 Å². The van der Waals surface area contributed by atoms with Gasteiger partial charge in [0.1, 0.15) is 5.69 Å². The van der Waals surface area contributed by atoms with Gasteiger partial charge in [0.25, 0.3) is 5.91 Å². The molecule has 4 heteroatoms. The number of thiazole rings is 1. The van der Waals surface area contributed by atoms with E-state index in [1.807, 2.05) is 16.3 Å². The number of likely N-dealkylation sites (tertiary alicyclic amines) is 1. The average molecular weight is 300 g/mol. The predicted octanol–water partition coefficient (Wildman–Crippen LogP) is 3.77. The summed E-state index contributed by atoms with van der Waals surface area (Å²) in [5.74, 6) is 0.106. The Bertz CT molecular complexity index is 568. The summed E-state index contributed by atoms with van der Waals surface area (Å²) in [6.07, 6.45) is 5.52. The van der Waals surface area contributed by atoms with Crippen molar-refractivity contribution in [3.63, 3.8) is 0 Å². The number of hydrogen-bond acceptors (Lipinski definition) is 3. The molecule has 21 heavy (non-hydrogen) atoms. The van der Waals surface area contributed by atoms with Gasteiger partial charge in [-0.05, 0) is 37.7 Å². The number of aromatic nitrogens is 1. The lowest BCUT2D eigenvalue weighted by molar-refractivity contribution is 0.0596. The zero-order chi connectivity index (χ0) is 14.5. The van der Waals surface area contributed by atoms with Gasteiger partial charge in [0.15, 0.2) is 0 Å². The first-order valence-corrected chi connectivity index (χ1v) is 8.52. The van der Waals surface area contributed by atoms with E-state index in [9.17, 15) is 4.79 Å². The number of piperidine rings is 1. The Hall–Kier alpha value is -1.68. The zero-order valence-electron chi connectivity index (χ0n) is 12.1. The van der Waals surface area contributed by atoms with Crippen molar-refractivity contribution in [2.45, 2.75) is 38.1 Å². The van der Waals surface area contributed by atoms with Gasteiger partial charge in [-0.2, -0.15) is 0 Å². The smallest absolute Gasteiger partial charge is 0.273 e. The number of amides is 1. The number of benzene rings is 1. The van der Waals surface area contributed by atoms with Gasteiger partial charge in [0.05, 0.1) is 5.51 Å². The van der Waals surface area contributed by atoms with Gasteiger partial charge in [-0.25, -0.2) is 4.98 Å². The first kappa shape index (κ1) is 14.3. The van der Waals surface area contributed by atoms with Gasteiger partial charge < -0.3 is 4.90 Å². The molecule has 0 radical (unpaired) electrons. The first-order chi connectivity index (χ1) is 10.3. The fourth-order valence-corrected chi connectivity index (χ4v) is 3.54. The average Bonchev–Trinajstić information content (AvgIpc) is 3.08. The third-order valence-electron chi connectivity index (χ3n) is 4.15. The fraction of sp³-hybridized carbons (Fsp3) is 0.412. The molecule has 1 amide bonds. The van der Waals surface area contributed by atoms with Crippen LogP contribution in [0.4, 0.5) is 0 Å². The maximum Gasteiger partial charge on any atom is 0.273 e. The summed E-state index contributed by atoms with van der Waals surface area (Å²) in [7, 11) is 0. The molecule has 0 bridgehead atoms. The highest BCUT2D eigenvalue weighted by atomic mass is 32.1. The summed E-state index contributed by atoms with van der Waals surface area (Å²) in [4.78, 5) is 18.8. The molecule has 110 valence electrons. The zero-order valence-corrected chi connectivity index (χ0v) is 12.9. The number of carbonyl (C=O) groups is 1. The number of carbonyl (C=O) groups excluding carboxylic acids is 1. The van der Waals surface area contributed by atoms with Crippen LogP contribution in [0.15, 0.2) is 41.2 Å². The molecule has 3 rings (SSSR count). The van der Waals surface area contributed by atoms with Crippen LogP contribution < -0.4 is 0 Å². The Morgan fingerprint density at radius 3 is 2.90 bits per heavy atom. The standard InChI is InChI=1S/C17H20N2OS/c20-17(16-12-21-13-18-16)19-11-5-4-8-15(19)10-9-14-6-2-1-3-7-14/h1-3,6-7,12-13,15H,4-5,8-11H2/t15-/m0/s1. The van der Waals surface area contributed by atoms with Gasteiger partial charge in [-0.15, -0.1) is 11.3 Å². The molecule has 0 unspecified atom stereocenters. The second kappa shape index (κ2) is 6.85. The summed E-state index contributed by atoms with van der Waals surface area (Å²) in [5.41, 5.74) is 3.69. The van der Waals surface area contributed by atoms with Crippen molar-refractivity contribution < 1.29 is 4.79 Å². The highest BCUT2D eigenvalue weighted by Crippen LogP contribution is 2.23. The van der Waals surface area contributed by atoms with Crippen LogP contribution >= 0.6 is 11.3 Å². The summed E-state index contributed by atoms with van der Waals surface area (Å²) in [6, 6.07) is 10.9. The number of rotatable bonds is 4. The minimum atomic E-state index is 0.106. The van der Waals surface area contributed by atoms with Gasteiger partial charge in [-0.3, -0.25) is 4.79 Å². The maximum atomic E-state index is 12.6. The monoisotopic (exact) mass is 300 g/mol. The van der Waals surface area contributed by atoms with E-state index >= 15 is 0 Å². The molecule has 0 saturated carbocycles. The van der Waals surface area contributed by atoms with E-state index in [-0.39, 0.29) is 5.91 Å². The van der Waals surface area contributed by atoms with E-state index in [0.29, 0.717) is 11.7 Å². The molecule has 0 N–H and O–H groups in total. The predicted molar refractivity (Wildman–Crippen MR) is 85.6 cm³/mol. The van der Waals surface area contributed by atoms with E-state index in [0.717, 1.165) is 32.2 Å². The van der Waals surface area contributed by atoms with Crippen LogP contribution in [0.5, 0.6) is 0 Å². The molecule has 0 spiro atoms. The van der Waals surface area contributed by atoms with E-state index in [1.54, 1.807) is 5.51 Å². The second-order valence-corrected chi connectivity index (χ2v) is 6.26. The summed E-state index contributed by atoms with van der Waals surface area (Å²) in [5, 5.41) is 1.85. The molecule has 0 aliphatic carbocycles. The highest BCUT2D eigenvalue weighted by molar-refractivity contribution is 7.07. The lowest BCUT2D eigenvalue weighted by Crippen LogP contribution is -2.44. The Labute approximate surface area is 129 Å². The van der Waals surface area contributed by atoms with Crippen molar-refractivity contribution in [2.75, 3.05) is 6.54 Å². The van der Waals surface area contributed by atoms with E-state index in [4.69, 9.17) is 0 Å². The topological polar surface area (TPSA) is 33.2 Å². The van der Waals surface area contributed by atoms with Gasteiger partial charge in [0, 0.05) is 18.0 Å². The molecule has 1 aromatic carbocycles. The molecular weight excluding hydrogens is 280 g/mol. The molecule has 1 fully saturated rings. The Morgan fingerprint density at radius 2 is 2.14 bits per heavy atom. The fourth-order valence-electron chi connectivity index (χ4n) is 3.01. The normalized spacial score (nSPS) is 18.7. The van der Waals surface area contributed by atoms with Crippen LogP contribution in [0.2, 0.25) is 0 Å². The van der Waals surface area contributed by atoms with Crippen LogP contribution in [0.25, 0.3) is 0 Å². The molecular formula is C17H20N2OS. The third kappa shape index (κ3) is 3.50. The van der Waals surface area contributed by atoms with Crippen LogP contribution in [0, 0.1) is 0 Å². The summed E-state index contributed by atoms with van der Waals surface area (Å²) < 4.78 is 0. The maximum absolute atomic E-state index is 12.6. The molecule has 2 heterocycles. The SMILES string of the molecule is O=C(c1cscn1)N1CCCC[C@H]1CCc1ccccc1. The van der Waals surface area contributed by atoms with E-state index in [2.05, 4.69) is 29.2 Å². The lowest BCUT2D eigenvalue weighted by atomic mass is 9.95. The quantitative estimate of drug-likeness (QED) is 0.861. The molecule has 1 atom stereocenters. The van der Waals surface area contributed by atoms with Crippen LogP contribution in [0.3, 0.4) is 0 Å². The lowest BCUT2D eigenvalue weighted by Gasteiger charge is -2.35. The van der Waals surface area contributed by atoms with Crippen molar-refractivity contribution in [1.82, 2.24) is 9.88 Å². The van der Waals surface area contributed by atoms with Gasteiger partial charge >= 0.3 is 0 Å². The van der Waals surface area contributed by atoms with Crippen molar-refractivity contribution in [2.24, 2.45) is 0 Å². The van der Waals surface area contributed by atoms with E-state index < -0.39 is 0 Å². The number of aryl methyl sites for hydroxylation is 1. The van der Waals surface area contributed by atoms with Crippen LogP contribution in [0.1, 0.15) is 41.7 Å². The first-order valence-electron chi connectivity index (χ1n) is 7.57.